The Bertz CT molecular complexity index is 682. The minimum absolute atomic E-state index is 0.0115. The average molecular weight is 366 g/mol. The minimum atomic E-state index is -4.12. The van der Waals surface area contributed by atoms with Crippen molar-refractivity contribution in [2.24, 2.45) is 17.8 Å². The Morgan fingerprint density at radius 2 is 1.73 bits per heavy atom. The fraction of sp³-hybridized carbons (Fsp3) is 0.667. The predicted octanol–water partition coefficient (Wildman–Crippen LogP) is 5.44. The summed E-state index contributed by atoms with van der Waals surface area (Å²) in [5, 5.41) is 0. The van der Waals surface area contributed by atoms with Crippen molar-refractivity contribution in [3.05, 3.63) is 29.3 Å². The quantitative estimate of drug-likeness (QED) is 0.663. The molecule has 4 rings (SSSR count). The molecule has 26 heavy (non-hydrogen) atoms. The van der Waals surface area contributed by atoms with E-state index in [1.807, 2.05) is 12.1 Å². The maximum atomic E-state index is 12.2. The van der Waals surface area contributed by atoms with Gasteiger partial charge in [-0.15, -0.1) is 0 Å². The van der Waals surface area contributed by atoms with Crippen molar-refractivity contribution >= 4 is 5.78 Å². The summed E-state index contributed by atoms with van der Waals surface area (Å²) in [6.07, 6.45) is 1.07. The zero-order valence-corrected chi connectivity index (χ0v) is 14.9. The highest BCUT2D eigenvalue weighted by molar-refractivity contribution is 5.83. The molecule has 142 valence electrons. The molecule has 2 nitrogen and oxygen atoms in total. The number of aryl methyl sites for hydroxylation is 1. The molecule has 1 aromatic carbocycles. The lowest BCUT2D eigenvalue weighted by atomic mass is 9.61. The first-order chi connectivity index (χ1) is 12.4. The second-order valence-corrected chi connectivity index (χ2v) is 8.09. The van der Waals surface area contributed by atoms with Gasteiger partial charge in [-0.05, 0) is 79.5 Å². The zero-order chi connectivity index (χ0) is 18.3. The van der Waals surface area contributed by atoms with E-state index in [4.69, 9.17) is 4.74 Å². The summed E-state index contributed by atoms with van der Waals surface area (Å²) in [5.74, 6) is 3.16. The zero-order valence-electron chi connectivity index (χ0n) is 14.9. The molecule has 0 aromatic heterocycles. The number of hydrogen-bond acceptors (Lipinski definition) is 2. The van der Waals surface area contributed by atoms with Crippen molar-refractivity contribution in [2.45, 2.75) is 63.5 Å². The van der Waals surface area contributed by atoms with Crippen LogP contribution in [0.2, 0.25) is 0 Å². The van der Waals surface area contributed by atoms with E-state index in [0.717, 1.165) is 38.5 Å². The van der Waals surface area contributed by atoms with Crippen molar-refractivity contribution in [3.63, 3.8) is 0 Å². The van der Waals surface area contributed by atoms with Crippen LogP contribution in [0.25, 0.3) is 0 Å². The van der Waals surface area contributed by atoms with Gasteiger partial charge < -0.3 is 4.74 Å². The van der Waals surface area contributed by atoms with Crippen LogP contribution < -0.4 is 4.74 Å². The fourth-order valence-corrected chi connectivity index (χ4v) is 5.53. The maximum absolute atomic E-state index is 12.2. The van der Waals surface area contributed by atoms with Crippen LogP contribution in [0.15, 0.2) is 18.2 Å². The van der Waals surface area contributed by atoms with Crippen LogP contribution in [-0.4, -0.2) is 18.6 Å². The minimum Gasteiger partial charge on any atom is -0.494 e. The number of Topliss-reactive ketones (excluding diaryl/α,β-unsaturated/α-hetero) is 1. The molecule has 2 saturated carbocycles. The van der Waals surface area contributed by atoms with Crippen molar-refractivity contribution < 1.29 is 22.7 Å². The lowest BCUT2D eigenvalue weighted by Crippen LogP contribution is -2.35. The van der Waals surface area contributed by atoms with E-state index in [-0.39, 0.29) is 13.0 Å². The smallest absolute Gasteiger partial charge is 0.389 e. The molecule has 0 bridgehead atoms. The number of carbonyl (C=O) groups excluding carboxylic acids is 1. The van der Waals surface area contributed by atoms with Crippen LogP contribution in [0.3, 0.4) is 0 Å². The monoisotopic (exact) mass is 366 g/mol. The van der Waals surface area contributed by atoms with E-state index >= 15 is 0 Å². The van der Waals surface area contributed by atoms with Crippen LogP contribution >= 0.6 is 0 Å². The number of carbonyl (C=O) groups is 1. The van der Waals surface area contributed by atoms with Gasteiger partial charge in [-0.25, -0.2) is 0 Å². The molecule has 0 radical (unpaired) electrons. The average Bonchev–Trinajstić information content (AvgIpc) is 2.99. The third kappa shape index (κ3) is 3.49. The number of ketones is 1. The van der Waals surface area contributed by atoms with Gasteiger partial charge in [0.15, 0.2) is 0 Å². The SMILES string of the molecule is O=C1CCC2C1CCC1c3ccc(OCCCC(F)(F)F)cc3CCC12. The Morgan fingerprint density at radius 1 is 1.00 bits per heavy atom. The van der Waals surface area contributed by atoms with Crippen molar-refractivity contribution in [3.8, 4) is 5.75 Å². The van der Waals surface area contributed by atoms with E-state index in [9.17, 15) is 18.0 Å². The molecule has 0 spiro atoms. The summed E-state index contributed by atoms with van der Waals surface area (Å²) in [5.41, 5.74) is 2.66. The van der Waals surface area contributed by atoms with Gasteiger partial charge in [0, 0.05) is 18.8 Å². The normalized spacial score (nSPS) is 30.5. The Kier molecular flexibility index (Phi) is 4.74. The Balaban J connectivity index is 1.42. The van der Waals surface area contributed by atoms with Crippen LogP contribution in [0, 0.1) is 17.8 Å². The number of benzene rings is 1. The number of fused-ring (bicyclic) bond motifs is 5. The van der Waals surface area contributed by atoms with Gasteiger partial charge in [-0.1, -0.05) is 6.07 Å². The Labute approximate surface area is 152 Å². The van der Waals surface area contributed by atoms with Crippen molar-refractivity contribution in [1.82, 2.24) is 0 Å². The molecule has 0 saturated heterocycles. The molecular weight excluding hydrogens is 341 g/mol. The second kappa shape index (κ2) is 6.90. The first-order valence-corrected chi connectivity index (χ1v) is 9.77. The molecule has 0 amide bonds. The highest BCUT2D eigenvalue weighted by Gasteiger charge is 2.47. The van der Waals surface area contributed by atoms with Gasteiger partial charge in [0.1, 0.15) is 11.5 Å². The summed E-state index contributed by atoms with van der Waals surface area (Å²) in [6.45, 7) is 0.0935. The van der Waals surface area contributed by atoms with E-state index in [0.29, 0.717) is 35.2 Å². The number of rotatable bonds is 4. The molecular formula is C21H25F3O2. The van der Waals surface area contributed by atoms with Gasteiger partial charge in [0.2, 0.25) is 0 Å². The summed E-state index contributed by atoms with van der Waals surface area (Å²) < 4.78 is 42.2. The van der Waals surface area contributed by atoms with Crippen LogP contribution in [0.4, 0.5) is 13.2 Å². The third-order valence-electron chi connectivity index (χ3n) is 6.64. The summed E-state index contributed by atoms with van der Waals surface area (Å²) in [7, 11) is 0. The first kappa shape index (κ1) is 17.9. The summed E-state index contributed by atoms with van der Waals surface area (Å²) in [6, 6.07) is 6.04. The van der Waals surface area contributed by atoms with E-state index in [1.54, 1.807) is 0 Å². The summed E-state index contributed by atoms with van der Waals surface area (Å²) in [4.78, 5) is 12.1. The topological polar surface area (TPSA) is 26.3 Å². The lowest BCUT2D eigenvalue weighted by molar-refractivity contribution is -0.136. The van der Waals surface area contributed by atoms with Crippen LogP contribution in [0.1, 0.15) is 62.0 Å². The number of alkyl halides is 3. The molecule has 2 fully saturated rings. The molecule has 5 heteroatoms. The van der Waals surface area contributed by atoms with Crippen LogP contribution in [-0.2, 0) is 11.2 Å². The van der Waals surface area contributed by atoms with Gasteiger partial charge in [-0.2, -0.15) is 13.2 Å². The molecule has 4 unspecified atom stereocenters. The van der Waals surface area contributed by atoms with Gasteiger partial charge in [0.25, 0.3) is 0 Å². The third-order valence-corrected chi connectivity index (χ3v) is 6.64. The molecule has 0 aliphatic heterocycles. The van der Waals surface area contributed by atoms with Crippen molar-refractivity contribution in [1.29, 1.82) is 0 Å². The molecule has 0 heterocycles. The highest BCUT2D eigenvalue weighted by Crippen LogP contribution is 2.54. The number of halogens is 3. The van der Waals surface area contributed by atoms with Gasteiger partial charge >= 0.3 is 6.18 Å². The molecule has 3 aliphatic rings. The Hall–Kier alpha value is -1.52. The van der Waals surface area contributed by atoms with Gasteiger partial charge in [0.05, 0.1) is 6.61 Å². The van der Waals surface area contributed by atoms with E-state index in [1.165, 1.54) is 11.1 Å². The number of hydrogen-bond donors (Lipinski definition) is 0. The maximum Gasteiger partial charge on any atom is 0.389 e. The van der Waals surface area contributed by atoms with E-state index < -0.39 is 12.6 Å². The van der Waals surface area contributed by atoms with Gasteiger partial charge in [-0.3, -0.25) is 4.79 Å². The molecule has 0 N–H and O–H groups in total. The molecule has 4 atom stereocenters. The highest BCUT2D eigenvalue weighted by atomic mass is 19.4. The lowest BCUT2D eigenvalue weighted by Gasteiger charge is -2.43. The summed E-state index contributed by atoms with van der Waals surface area (Å²) >= 11 is 0. The second-order valence-electron chi connectivity index (χ2n) is 8.09. The molecule has 1 aromatic rings. The number of ether oxygens (including phenoxy) is 1. The van der Waals surface area contributed by atoms with Crippen LogP contribution in [0.5, 0.6) is 5.75 Å². The molecule has 3 aliphatic carbocycles. The largest absolute Gasteiger partial charge is 0.494 e. The Morgan fingerprint density at radius 3 is 2.54 bits per heavy atom. The van der Waals surface area contributed by atoms with Crippen molar-refractivity contribution in [2.75, 3.05) is 6.61 Å². The standard InChI is InChI=1S/C21H25F3O2/c22-21(23,24)10-1-11-26-14-3-5-15-13(12-14)2-4-17-16(15)6-7-19-18(17)8-9-20(19)25/h3,5,12,16-19H,1-2,4,6-11H2. The fourth-order valence-electron chi connectivity index (χ4n) is 5.53. The predicted molar refractivity (Wildman–Crippen MR) is 92.2 cm³/mol. The van der Waals surface area contributed by atoms with E-state index in [2.05, 4.69) is 6.07 Å². The first-order valence-electron chi connectivity index (χ1n) is 9.77.